The van der Waals surface area contributed by atoms with Gasteiger partial charge in [0.05, 0.1) is 16.1 Å². The van der Waals surface area contributed by atoms with Crippen molar-refractivity contribution < 1.29 is 14.6 Å². The first kappa shape index (κ1) is 15.9. The Morgan fingerprint density at radius 2 is 2.10 bits per heavy atom. The van der Waals surface area contributed by atoms with Gasteiger partial charge >= 0.3 is 0 Å². The summed E-state index contributed by atoms with van der Waals surface area (Å²) in [5.41, 5.74) is 0. The molecule has 1 aliphatic carbocycles. The third kappa shape index (κ3) is 4.50. The van der Waals surface area contributed by atoms with Crippen LogP contribution in [0.25, 0.3) is 0 Å². The summed E-state index contributed by atoms with van der Waals surface area (Å²) in [6.07, 6.45) is 1.79. The second-order valence-corrected chi connectivity index (χ2v) is 5.79. The minimum absolute atomic E-state index is 0.214. The first-order valence-electron chi connectivity index (χ1n) is 6.60. The highest BCUT2D eigenvalue weighted by Crippen LogP contribution is 2.26. The zero-order chi connectivity index (χ0) is 14.5. The minimum atomic E-state index is -0.564. The van der Waals surface area contributed by atoms with Crippen LogP contribution in [0, 0.1) is 0 Å². The van der Waals surface area contributed by atoms with Gasteiger partial charge in [0.25, 0.3) is 0 Å². The predicted octanol–water partition coefficient (Wildman–Crippen LogP) is 2.50. The molecule has 0 spiro atoms. The zero-order valence-corrected chi connectivity index (χ0v) is 12.8. The topological polar surface area (TPSA) is 50.7 Å². The van der Waals surface area contributed by atoms with Gasteiger partial charge in [-0.25, -0.2) is 0 Å². The summed E-state index contributed by atoms with van der Waals surface area (Å²) in [7, 11) is 1.72. The highest BCUT2D eigenvalue weighted by molar-refractivity contribution is 6.42. The molecule has 1 unspecified atom stereocenters. The Morgan fingerprint density at radius 1 is 1.35 bits per heavy atom. The van der Waals surface area contributed by atoms with Crippen molar-refractivity contribution in [2.24, 2.45) is 0 Å². The maximum absolute atomic E-state index is 9.85. The Hall–Kier alpha value is -0.520. The van der Waals surface area contributed by atoms with Gasteiger partial charge in [0.1, 0.15) is 18.5 Å². The number of methoxy groups -OCH3 is 1. The van der Waals surface area contributed by atoms with Gasteiger partial charge in [-0.2, -0.15) is 0 Å². The van der Waals surface area contributed by atoms with E-state index in [2.05, 4.69) is 5.32 Å². The van der Waals surface area contributed by atoms with Crippen LogP contribution >= 0.6 is 23.2 Å². The molecule has 1 fully saturated rings. The van der Waals surface area contributed by atoms with Crippen molar-refractivity contribution in [3.8, 4) is 5.75 Å². The van der Waals surface area contributed by atoms with Gasteiger partial charge in [-0.15, -0.1) is 0 Å². The molecule has 1 aromatic rings. The fraction of sp³-hybridized carbons (Fsp3) is 0.571. The minimum Gasteiger partial charge on any atom is -0.491 e. The van der Waals surface area contributed by atoms with Gasteiger partial charge in [0.15, 0.2) is 0 Å². The molecule has 6 heteroatoms. The first-order valence-corrected chi connectivity index (χ1v) is 7.36. The van der Waals surface area contributed by atoms with Crippen molar-refractivity contribution in [3.63, 3.8) is 0 Å². The molecule has 20 heavy (non-hydrogen) atoms. The normalized spacial score (nSPS) is 23.2. The van der Waals surface area contributed by atoms with Gasteiger partial charge in [0, 0.05) is 25.8 Å². The maximum Gasteiger partial charge on any atom is 0.121 e. The number of rotatable bonds is 7. The van der Waals surface area contributed by atoms with Crippen LogP contribution in [0.2, 0.25) is 10.0 Å². The number of aliphatic hydroxyl groups is 1. The summed E-state index contributed by atoms with van der Waals surface area (Å²) in [5.74, 6) is 0.599. The fourth-order valence-corrected chi connectivity index (χ4v) is 2.33. The van der Waals surface area contributed by atoms with E-state index >= 15 is 0 Å². The lowest BCUT2D eigenvalue weighted by Gasteiger charge is -2.35. The van der Waals surface area contributed by atoms with E-state index in [1.807, 2.05) is 0 Å². The van der Waals surface area contributed by atoms with Gasteiger partial charge in [-0.3, -0.25) is 0 Å². The number of nitrogens with one attached hydrogen (secondary N) is 1. The van der Waals surface area contributed by atoms with E-state index in [-0.39, 0.29) is 6.61 Å². The fourth-order valence-electron chi connectivity index (χ4n) is 2.05. The zero-order valence-electron chi connectivity index (χ0n) is 11.3. The lowest BCUT2D eigenvalue weighted by atomic mass is 9.89. The van der Waals surface area contributed by atoms with Gasteiger partial charge < -0.3 is 19.9 Å². The molecule has 112 valence electrons. The SMILES string of the molecule is COC1CC(NCC(O)COc2ccc(Cl)c(Cl)c2)C1. The highest BCUT2D eigenvalue weighted by atomic mass is 35.5. The van der Waals surface area contributed by atoms with E-state index in [9.17, 15) is 5.11 Å². The molecule has 2 rings (SSSR count). The molecule has 1 aliphatic rings. The van der Waals surface area contributed by atoms with Crippen LogP contribution in [-0.2, 0) is 4.74 Å². The lowest BCUT2D eigenvalue weighted by molar-refractivity contribution is 0.0117. The average Bonchev–Trinajstić information content (AvgIpc) is 2.38. The monoisotopic (exact) mass is 319 g/mol. The van der Waals surface area contributed by atoms with Gasteiger partial charge in [0.2, 0.25) is 0 Å². The quantitative estimate of drug-likeness (QED) is 0.810. The molecule has 0 heterocycles. The van der Waals surface area contributed by atoms with E-state index in [0.29, 0.717) is 34.5 Å². The summed E-state index contributed by atoms with van der Waals surface area (Å²) in [6, 6.07) is 5.46. The van der Waals surface area contributed by atoms with E-state index < -0.39 is 6.10 Å². The molecule has 0 radical (unpaired) electrons. The smallest absolute Gasteiger partial charge is 0.121 e. The van der Waals surface area contributed by atoms with E-state index in [1.165, 1.54) is 0 Å². The van der Waals surface area contributed by atoms with Gasteiger partial charge in [-0.1, -0.05) is 23.2 Å². The molecular weight excluding hydrogens is 301 g/mol. The van der Waals surface area contributed by atoms with E-state index in [0.717, 1.165) is 12.8 Å². The number of aliphatic hydroxyl groups excluding tert-OH is 1. The van der Waals surface area contributed by atoms with Crippen molar-refractivity contribution in [2.75, 3.05) is 20.3 Å². The summed E-state index contributed by atoms with van der Waals surface area (Å²) in [6.45, 7) is 0.716. The predicted molar refractivity (Wildman–Crippen MR) is 79.8 cm³/mol. The van der Waals surface area contributed by atoms with Crippen LogP contribution in [0.1, 0.15) is 12.8 Å². The third-order valence-electron chi connectivity index (χ3n) is 3.40. The van der Waals surface area contributed by atoms with Crippen LogP contribution in [0.15, 0.2) is 18.2 Å². The Morgan fingerprint density at radius 3 is 2.75 bits per heavy atom. The van der Waals surface area contributed by atoms with Crippen molar-refractivity contribution in [1.29, 1.82) is 0 Å². The number of benzene rings is 1. The Labute approximate surface area is 129 Å². The lowest BCUT2D eigenvalue weighted by Crippen LogP contribution is -2.48. The molecule has 1 saturated carbocycles. The number of halogens is 2. The standard InChI is InChI=1S/C14H19Cl2NO3/c1-19-12-4-9(5-12)17-7-10(18)8-20-11-2-3-13(15)14(16)6-11/h2-3,6,9-10,12,17-18H,4-5,7-8H2,1H3. The van der Waals surface area contributed by atoms with Crippen molar-refractivity contribution in [2.45, 2.75) is 31.1 Å². The molecular formula is C14H19Cl2NO3. The molecule has 0 bridgehead atoms. The Kier molecular flexibility index (Phi) is 5.93. The number of hydrogen-bond acceptors (Lipinski definition) is 4. The van der Waals surface area contributed by atoms with Crippen molar-refractivity contribution in [3.05, 3.63) is 28.2 Å². The molecule has 2 N–H and O–H groups in total. The number of hydrogen-bond donors (Lipinski definition) is 2. The van der Waals surface area contributed by atoms with Crippen molar-refractivity contribution in [1.82, 2.24) is 5.32 Å². The molecule has 0 aromatic heterocycles. The molecule has 1 aromatic carbocycles. The van der Waals surface area contributed by atoms with Crippen LogP contribution in [0.5, 0.6) is 5.75 Å². The van der Waals surface area contributed by atoms with Crippen molar-refractivity contribution >= 4 is 23.2 Å². The second kappa shape index (κ2) is 7.48. The summed E-state index contributed by atoms with van der Waals surface area (Å²) < 4.78 is 10.7. The second-order valence-electron chi connectivity index (χ2n) is 4.98. The summed E-state index contributed by atoms with van der Waals surface area (Å²) >= 11 is 11.7. The summed E-state index contributed by atoms with van der Waals surface area (Å²) in [5, 5.41) is 14.1. The van der Waals surface area contributed by atoms with Crippen LogP contribution in [0.4, 0.5) is 0 Å². The molecule has 0 saturated heterocycles. The summed E-state index contributed by atoms with van der Waals surface area (Å²) in [4.78, 5) is 0. The molecule has 0 amide bonds. The maximum atomic E-state index is 9.85. The van der Waals surface area contributed by atoms with Crippen LogP contribution in [-0.4, -0.2) is 43.6 Å². The highest BCUT2D eigenvalue weighted by Gasteiger charge is 2.28. The average molecular weight is 320 g/mol. The Bertz CT molecular complexity index is 438. The first-order chi connectivity index (χ1) is 9.58. The third-order valence-corrected chi connectivity index (χ3v) is 4.14. The van der Waals surface area contributed by atoms with Gasteiger partial charge in [-0.05, 0) is 25.0 Å². The molecule has 4 nitrogen and oxygen atoms in total. The van der Waals surface area contributed by atoms with E-state index in [1.54, 1.807) is 25.3 Å². The largest absolute Gasteiger partial charge is 0.491 e. The number of ether oxygens (including phenoxy) is 2. The molecule has 1 atom stereocenters. The van der Waals surface area contributed by atoms with E-state index in [4.69, 9.17) is 32.7 Å². The van der Waals surface area contributed by atoms with Crippen LogP contribution < -0.4 is 10.1 Å². The molecule has 0 aliphatic heterocycles. The van der Waals surface area contributed by atoms with Crippen LogP contribution in [0.3, 0.4) is 0 Å². The Balaban J connectivity index is 1.64.